The monoisotopic (exact) mass is 287 g/mol. The van der Waals surface area contributed by atoms with Crippen LogP contribution in [0.3, 0.4) is 0 Å². The predicted octanol–water partition coefficient (Wildman–Crippen LogP) is 2.54. The number of hydrogen-bond donors (Lipinski definition) is 1. The molecule has 0 aliphatic carbocycles. The molecule has 0 aliphatic heterocycles. The molecule has 2 aromatic rings. The lowest BCUT2D eigenvalue weighted by Crippen LogP contribution is -2.25. The minimum Gasteiger partial charge on any atom is -0.493 e. The lowest BCUT2D eigenvalue weighted by atomic mass is 10.1. The Hall–Kier alpha value is -2.56. The summed E-state index contributed by atoms with van der Waals surface area (Å²) in [5.41, 5.74) is 0.609. The van der Waals surface area contributed by atoms with Crippen molar-refractivity contribution >= 4 is 5.97 Å². The molecule has 0 bridgehead atoms. The highest BCUT2D eigenvalue weighted by Gasteiger charge is 2.15. The number of nitrogens with zero attached hydrogens (tertiary/aromatic N) is 1. The third-order valence-electron chi connectivity index (χ3n) is 3.16. The average Bonchev–Trinajstić information content (AvgIpc) is 2.48. The first-order valence-corrected chi connectivity index (χ1v) is 6.71. The van der Waals surface area contributed by atoms with Gasteiger partial charge < -0.3 is 14.4 Å². The minimum absolute atomic E-state index is 0.242. The highest BCUT2D eigenvalue weighted by Crippen LogP contribution is 2.29. The summed E-state index contributed by atoms with van der Waals surface area (Å²) in [5.74, 6) is -0.546. The smallest absolute Gasteiger partial charge is 0.341 e. The number of para-hydroxylation sites is 1. The molecule has 0 unspecified atom stereocenters. The van der Waals surface area contributed by atoms with Crippen LogP contribution in [0.1, 0.15) is 23.7 Å². The molecule has 0 radical (unpaired) electrons. The Morgan fingerprint density at radius 1 is 1.24 bits per heavy atom. The Kier molecular flexibility index (Phi) is 4.42. The molecule has 2 rings (SSSR count). The number of aromatic nitrogens is 1. The van der Waals surface area contributed by atoms with Gasteiger partial charge in [0, 0.05) is 12.6 Å². The van der Waals surface area contributed by atoms with Gasteiger partial charge in [-0.05, 0) is 30.7 Å². The van der Waals surface area contributed by atoms with Gasteiger partial charge in [-0.2, -0.15) is 0 Å². The van der Waals surface area contributed by atoms with Crippen LogP contribution in [0.4, 0.5) is 0 Å². The summed E-state index contributed by atoms with van der Waals surface area (Å²) in [4.78, 5) is 23.1. The van der Waals surface area contributed by atoms with E-state index in [2.05, 4.69) is 0 Å². The quantitative estimate of drug-likeness (QED) is 0.917. The van der Waals surface area contributed by atoms with Crippen LogP contribution in [-0.2, 0) is 7.05 Å². The first kappa shape index (κ1) is 14.8. The van der Waals surface area contributed by atoms with Crippen molar-refractivity contribution in [2.75, 3.05) is 6.61 Å². The van der Waals surface area contributed by atoms with Crippen molar-refractivity contribution < 1.29 is 14.6 Å². The molecule has 1 N–H and O–H groups in total. The minimum atomic E-state index is -1.22. The number of carboxylic acid groups (broad SMARTS) is 1. The number of benzene rings is 1. The van der Waals surface area contributed by atoms with Crippen molar-refractivity contribution in [3.8, 4) is 17.0 Å². The van der Waals surface area contributed by atoms with E-state index in [1.165, 1.54) is 10.6 Å². The van der Waals surface area contributed by atoms with Crippen LogP contribution >= 0.6 is 0 Å². The number of carbonyl (C=O) groups is 1. The Bertz CT molecular complexity index is 718. The molecule has 1 aromatic carbocycles. The summed E-state index contributed by atoms with van der Waals surface area (Å²) in [6, 6.07) is 10.3. The van der Waals surface area contributed by atoms with Crippen LogP contribution in [0.2, 0.25) is 0 Å². The summed E-state index contributed by atoms with van der Waals surface area (Å²) < 4.78 is 7.01. The Morgan fingerprint density at radius 3 is 2.62 bits per heavy atom. The van der Waals surface area contributed by atoms with Crippen LogP contribution in [0.5, 0.6) is 5.75 Å². The largest absolute Gasteiger partial charge is 0.493 e. The maximum absolute atomic E-state index is 12.1. The second kappa shape index (κ2) is 6.26. The van der Waals surface area contributed by atoms with Gasteiger partial charge in [-0.15, -0.1) is 0 Å². The lowest BCUT2D eigenvalue weighted by molar-refractivity contribution is 0.0694. The van der Waals surface area contributed by atoms with E-state index >= 15 is 0 Å². The van der Waals surface area contributed by atoms with Gasteiger partial charge >= 0.3 is 5.97 Å². The van der Waals surface area contributed by atoms with Crippen LogP contribution in [0, 0.1) is 0 Å². The molecule has 1 heterocycles. The zero-order valence-corrected chi connectivity index (χ0v) is 12.0. The van der Waals surface area contributed by atoms with Gasteiger partial charge in [0.05, 0.1) is 12.3 Å². The van der Waals surface area contributed by atoms with Gasteiger partial charge in [-0.3, -0.25) is 4.79 Å². The van der Waals surface area contributed by atoms with Gasteiger partial charge in [0.15, 0.2) is 0 Å². The molecule has 0 atom stereocenters. The molecule has 5 nitrogen and oxygen atoms in total. The van der Waals surface area contributed by atoms with Crippen molar-refractivity contribution in [3.63, 3.8) is 0 Å². The molecule has 110 valence electrons. The Labute approximate surface area is 122 Å². The molecule has 5 heteroatoms. The van der Waals surface area contributed by atoms with E-state index in [1.54, 1.807) is 13.1 Å². The maximum Gasteiger partial charge on any atom is 0.341 e. The fraction of sp³-hybridized carbons (Fsp3) is 0.250. The highest BCUT2D eigenvalue weighted by atomic mass is 16.5. The Balaban J connectivity index is 2.55. The SMILES string of the molecule is CCCOc1ccccc1-c1ccc(C(=O)O)c(=O)n1C. The van der Waals surface area contributed by atoms with Gasteiger partial charge in [0.1, 0.15) is 11.3 Å². The standard InChI is InChI=1S/C16H17NO4/c1-3-10-21-14-7-5-4-6-11(14)13-9-8-12(16(19)20)15(18)17(13)2/h4-9H,3,10H2,1-2H3,(H,19,20). The molecule has 0 fully saturated rings. The van der Waals surface area contributed by atoms with E-state index in [4.69, 9.17) is 9.84 Å². The molecular formula is C16H17NO4. The summed E-state index contributed by atoms with van der Waals surface area (Å²) in [7, 11) is 1.56. The molecule has 1 aromatic heterocycles. The summed E-state index contributed by atoms with van der Waals surface area (Å²) >= 11 is 0. The van der Waals surface area contributed by atoms with Crippen molar-refractivity contribution in [1.82, 2.24) is 4.57 Å². The average molecular weight is 287 g/mol. The van der Waals surface area contributed by atoms with Crippen LogP contribution in [0.25, 0.3) is 11.3 Å². The third kappa shape index (κ3) is 2.97. The summed E-state index contributed by atoms with van der Waals surface area (Å²) in [6.45, 7) is 2.60. The van der Waals surface area contributed by atoms with E-state index in [0.29, 0.717) is 18.1 Å². The van der Waals surface area contributed by atoms with Crippen LogP contribution < -0.4 is 10.3 Å². The van der Waals surface area contributed by atoms with E-state index in [-0.39, 0.29) is 5.56 Å². The van der Waals surface area contributed by atoms with Crippen molar-refractivity contribution in [2.24, 2.45) is 7.05 Å². The third-order valence-corrected chi connectivity index (χ3v) is 3.16. The lowest BCUT2D eigenvalue weighted by Gasteiger charge is -2.14. The number of ether oxygens (including phenoxy) is 1. The van der Waals surface area contributed by atoms with E-state index in [0.717, 1.165) is 12.0 Å². The molecule has 0 spiro atoms. The number of pyridine rings is 1. The van der Waals surface area contributed by atoms with E-state index in [1.807, 2.05) is 31.2 Å². The number of aromatic carboxylic acids is 1. The van der Waals surface area contributed by atoms with E-state index in [9.17, 15) is 9.59 Å². The van der Waals surface area contributed by atoms with Gasteiger partial charge in [0.2, 0.25) is 0 Å². The molecule has 0 saturated carbocycles. The normalized spacial score (nSPS) is 10.4. The first-order chi connectivity index (χ1) is 10.1. The first-order valence-electron chi connectivity index (χ1n) is 6.71. The number of hydrogen-bond acceptors (Lipinski definition) is 3. The van der Waals surface area contributed by atoms with Crippen LogP contribution in [-0.4, -0.2) is 22.2 Å². The zero-order valence-electron chi connectivity index (χ0n) is 12.0. The fourth-order valence-electron chi connectivity index (χ4n) is 2.08. The number of carboxylic acids is 1. The number of rotatable bonds is 5. The van der Waals surface area contributed by atoms with E-state index < -0.39 is 11.5 Å². The maximum atomic E-state index is 12.1. The molecule has 21 heavy (non-hydrogen) atoms. The summed E-state index contributed by atoms with van der Waals surface area (Å²) in [5, 5.41) is 8.98. The molecule has 0 aliphatic rings. The van der Waals surface area contributed by atoms with Crippen LogP contribution in [0.15, 0.2) is 41.2 Å². The highest BCUT2D eigenvalue weighted by molar-refractivity contribution is 5.87. The van der Waals surface area contributed by atoms with Gasteiger partial charge in [-0.1, -0.05) is 19.1 Å². The van der Waals surface area contributed by atoms with Crippen molar-refractivity contribution in [1.29, 1.82) is 0 Å². The predicted molar refractivity (Wildman–Crippen MR) is 79.9 cm³/mol. The van der Waals surface area contributed by atoms with Gasteiger partial charge in [-0.25, -0.2) is 4.79 Å². The Morgan fingerprint density at radius 2 is 1.95 bits per heavy atom. The zero-order chi connectivity index (χ0) is 15.4. The topological polar surface area (TPSA) is 68.5 Å². The molecule has 0 saturated heterocycles. The van der Waals surface area contributed by atoms with Crippen molar-refractivity contribution in [2.45, 2.75) is 13.3 Å². The fourth-order valence-corrected chi connectivity index (χ4v) is 2.08. The molecule has 0 amide bonds. The second-order valence-corrected chi connectivity index (χ2v) is 4.65. The van der Waals surface area contributed by atoms with Crippen molar-refractivity contribution in [3.05, 3.63) is 52.3 Å². The second-order valence-electron chi connectivity index (χ2n) is 4.65. The molecular weight excluding hydrogens is 270 g/mol. The van der Waals surface area contributed by atoms with Gasteiger partial charge in [0.25, 0.3) is 5.56 Å². The summed E-state index contributed by atoms with van der Waals surface area (Å²) in [6.07, 6.45) is 0.880.